The molecule has 0 radical (unpaired) electrons. The molecule has 0 aliphatic carbocycles. The number of nitrogens with one attached hydrogen (secondary N) is 1. The van der Waals surface area contributed by atoms with Gasteiger partial charge in [-0.25, -0.2) is 0 Å². The quantitative estimate of drug-likeness (QED) is 0.433. The Morgan fingerprint density at radius 3 is 2.66 bits per heavy atom. The van der Waals surface area contributed by atoms with E-state index in [4.69, 9.17) is 25.5 Å². The molecule has 0 saturated carbocycles. The molecule has 8 nitrogen and oxygen atoms in total. The van der Waals surface area contributed by atoms with Crippen molar-refractivity contribution < 1.29 is 28.3 Å². The highest BCUT2D eigenvalue weighted by Gasteiger charge is 2.28. The average molecular weight is 497 g/mol. The van der Waals surface area contributed by atoms with Crippen LogP contribution in [0.5, 0.6) is 11.5 Å². The summed E-state index contributed by atoms with van der Waals surface area (Å²) in [6.45, 7) is 3.65. The lowest BCUT2D eigenvalue weighted by Gasteiger charge is -2.29. The van der Waals surface area contributed by atoms with Gasteiger partial charge in [0.1, 0.15) is 17.3 Å². The number of hydrogen-bond acceptors (Lipinski definition) is 6. The minimum Gasteiger partial charge on any atom is -0.485 e. The van der Waals surface area contributed by atoms with Crippen LogP contribution in [0.1, 0.15) is 46.9 Å². The molecule has 1 atom stereocenters. The molecule has 1 aliphatic heterocycles. The highest BCUT2D eigenvalue weighted by atomic mass is 35.5. The van der Waals surface area contributed by atoms with Crippen molar-refractivity contribution in [3.63, 3.8) is 0 Å². The number of ketones is 1. The highest BCUT2D eigenvalue weighted by Crippen LogP contribution is 2.34. The molecule has 1 unspecified atom stereocenters. The third-order valence-electron chi connectivity index (χ3n) is 5.60. The number of carbonyl (C=O) groups is 3. The zero-order valence-electron chi connectivity index (χ0n) is 19.4. The molecule has 35 heavy (non-hydrogen) atoms. The summed E-state index contributed by atoms with van der Waals surface area (Å²) in [6, 6.07) is 14.8. The fraction of sp³-hybridized carbons (Fsp3) is 0.269. The molecule has 1 N–H and O–H groups in total. The monoisotopic (exact) mass is 496 g/mol. The maximum atomic E-state index is 12.8. The number of ether oxygens (including phenoxy) is 2. The van der Waals surface area contributed by atoms with Crippen LogP contribution in [0, 0.1) is 0 Å². The Bertz CT molecular complexity index is 1240. The van der Waals surface area contributed by atoms with E-state index in [1.54, 1.807) is 54.6 Å². The lowest BCUT2D eigenvalue weighted by Crippen LogP contribution is -2.38. The van der Waals surface area contributed by atoms with E-state index in [2.05, 4.69) is 5.32 Å². The molecule has 0 saturated heterocycles. The number of rotatable bonds is 9. The van der Waals surface area contributed by atoms with E-state index >= 15 is 0 Å². The molecule has 0 fully saturated rings. The molecule has 4 rings (SSSR count). The van der Waals surface area contributed by atoms with E-state index in [9.17, 15) is 14.4 Å². The van der Waals surface area contributed by atoms with E-state index in [-0.39, 0.29) is 49.2 Å². The third kappa shape index (κ3) is 5.84. The second-order valence-electron chi connectivity index (χ2n) is 8.17. The lowest BCUT2D eigenvalue weighted by atomic mass is 10.1. The molecule has 3 aromatic rings. The molecule has 0 bridgehead atoms. The Kier molecular flexibility index (Phi) is 7.41. The smallest absolute Gasteiger partial charge is 0.287 e. The normalized spacial score (nSPS) is 13.6. The first-order valence-electron chi connectivity index (χ1n) is 11.2. The summed E-state index contributed by atoms with van der Waals surface area (Å²) in [5, 5.41) is 3.42. The molecule has 1 aromatic heterocycles. The van der Waals surface area contributed by atoms with Gasteiger partial charge in [-0.3, -0.25) is 19.3 Å². The molecule has 0 spiro atoms. The van der Waals surface area contributed by atoms with Gasteiger partial charge >= 0.3 is 0 Å². The molecule has 9 heteroatoms. The Hall–Kier alpha value is -3.78. The van der Waals surface area contributed by atoms with Gasteiger partial charge in [-0.2, -0.15) is 0 Å². The highest BCUT2D eigenvalue weighted by molar-refractivity contribution is 6.30. The fourth-order valence-corrected chi connectivity index (χ4v) is 3.58. The predicted octanol–water partition coefficient (Wildman–Crippen LogP) is 4.65. The molecule has 1 aliphatic rings. The number of fused-ring (bicyclic) bond motifs is 1. The number of benzene rings is 2. The van der Waals surface area contributed by atoms with E-state index in [1.807, 2.05) is 13.8 Å². The van der Waals surface area contributed by atoms with Crippen LogP contribution in [0.3, 0.4) is 0 Å². The second-order valence-corrected chi connectivity index (χ2v) is 8.60. The molecular formula is C26H25ClN2O6. The first kappa shape index (κ1) is 24.3. The van der Waals surface area contributed by atoms with Crippen molar-refractivity contribution in [1.29, 1.82) is 0 Å². The van der Waals surface area contributed by atoms with Crippen molar-refractivity contribution in [1.82, 2.24) is 5.32 Å². The summed E-state index contributed by atoms with van der Waals surface area (Å²) in [7, 11) is 0. The van der Waals surface area contributed by atoms with Crippen molar-refractivity contribution in [2.75, 3.05) is 18.1 Å². The van der Waals surface area contributed by atoms with Gasteiger partial charge in [0.2, 0.25) is 0 Å². The van der Waals surface area contributed by atoms with Gasteiger partial charge in [0, 0.05) is 16.6 Å². The van der Waals surface area contributed by atoms with Crippen LogP contribution < -0.4 is 19.7 Å². The standard InChI is InChI=1S/C26H25ClN2O6/c1-3-16(2)28-26(32)24-11-9-20(35-24)13-29-21-12-17(4-10-23(21)34-15-25(29)31)22(30)14-33-19-7-5-18(27)6-8-19/h4-12,16H,3,13-15H2,1-2H3,(H,28,32). The number of halogens is 1. The first-order valence-corrected chi connectivity index (χ1v) is 11.6. The molecule has 2 aromatic carbocycles. The summed E-state index contributed by atoms with van der Waals surface area (Å²) < 4.78 is 16.8. The molecular weight excluding hydrogens is 472 g/mol. The third-order valence-corrected chi connectivity index (χ3v) is 5.85. The van der Waals surface area contributed by atoms with Gasteiger partial charge in [-0.05, 0) is 67.9 Å². The van der Waals surface area contributed by atoms with Crippen LogP contribution in [0.4, 0.5) is 5.69 Å². The zero-order chi connectivity index (χ0) is 24.9. The molecule has 2 amide bonds. The Balaban J connectivity index is 1.48. The van der Waals surface area contributed by atoms with Gasteiger partial charge in [-0.15, -0.1) is 0 Å². The Morgan fingerprint density at radius 1 is 1.14 bits per heavy atom. The van der Waals surface area contributed by atoms with E-state index in [0.29, 0.717) is 33.5 Å². The van der Waals surface area contributed by atoms with Crippen molar-refractivity contribution in [2.45, 2.75) is 32.9 Å². The number of anilines is 1. The van der Waals surface area contributed by atoms with Crippen LogP contribution in [0.25, 0.3) is 0 Å². The van der Waals surface area contributed by atoms with Crippen molar-refractivity contribution in [2.24, 2.45) is 0 Å². The molecule has 2 heterocycles. The number of amides is 2. The summed E-state index contributed by atoms with van der Waals surface area (Å²) in [5.74, 6) is 0.734. The second kappa shape index (κ2) is 10.7. The van der Waals surface area contributed by atoms with Crippen molar-refractivity contribution in [3.8, 4) is 11.5 Å². The zero-order valence-corrected chi connectivity index (χ0v) is 20.1. The van der Waals surface area contributed by atoms with Gasteiger partial charge in [0.05, 0.1) is 12.2 Å². The van der Waals surface area contributed by atoms with Crippen LogP contribution in [0.15, 0.2) is 59.0 Å². The summed E-state index contributed by atoms with van der Waals surface area (Å²) in [4.78, 5) is 39.2. The van der Waals surface area contributed by atoms with Gasteiger partial charge in [0.15, 0.2) is 24.8 Å². The summed E-state index contributed by atoms with van der Waals surface area (Å²) in [5.41, 5.74) is 0.815. The number of Topliss-reactive ketones (excluding diaryl/α,β-unsaturated/α-hetero) is 1. The number of hydrogen-bond donors (Lipinski definition) is 1. The summed E-state index contributed by atoms with van der Waals surface area (Å²) >= 11 is 5.87. The average Bonchev–Trinajstić information content (AvgIpc) is 3.33. The lowest BCUT2D eigenvalue weighted by molar-refractivity contribution is -0.121. The van der Waals surface area contributed by atoms with Gasteiger partial charge in [0.25, 0.3) is 11.8 Å². The number of nitrogens with zero attached hydrogens (tertiary/aromatic N) is 1. The SMILES string of the molecule is CCC(C)NC(=O)c1ccc(CN2C(=O)COc3ccc(C(=O)COc4ccc(Cl)cc4)cc32)o1. The Morgan fingerprint density at radius 2 is 1.91 bits per heavy atom. The molecule has 182 valence electrons. The van der Waals surface area contributed by atoms with Crippen LogP contribution in [-0.4, -0.2) is 36.9 Å². The van der Waals surface area contributed by atoms with Crippen molar-refractivity contribution in [3.05, 3.63) is 76.7 Å². The maximum Gasteiger partial charge on any atom is 0.287 e. The maximum absolute atomic E-state index is 12.8. The van der Waals surface area contributed by atoms with Gasteiger partial charge < -0.3 is 19.2 Å². The topological polar surface area (TPSA) is 98.1 Å². The van der Waals surface area contributed by atoms with Crippen LogP contribution in [0.2, 0.25) is 5.02 Å². The Labute approximate surface area is 207 Å². The van der Waals surface area contributed by atoms with Gasteiger partial charge in [-0.1, -0.05) is 18.5 Å². The van der Waals surface area contributed by atoms with E-state index < -0.39 is 0 Å². The predicted molar refractivity (Wildman–Crippen MR) is 130 cm³/mol. The fourth-order valence-electron chi connectivity index (χ4n) is 3.45. The summed E-state index contributed by atoms with van der Waals surface area (Å²) in [6.07, 6.45) is 0.796. The largest absolute Gasteiger partial charge is 0.485 e. The van der Waals surface area contributed by atoms with E-state index in [0.717, 1.165) is 6.42 Å². The van der Waals surface area contributed by atoms with Crippen molar-refractivity contribution >= 4 is 34.9 Å². The van der Waals surface area contributed by atoms with Crippen LogP contribution in [-0.2, 0) is 11.3 Å². The first-order chi connectivity index (χ1) is 16.8. The van der Waals surface area contributed by atoms with Crippen LogP contribution >= 0.6 is 11.6 Å². The van der Waals surface area contributed by atoms with E-state index in [1.165, 1.54) is 4.90 Å². The number of carbonyl (C=O) groups excluding carboxylic acids is 3. The minimum atomic E-state index is -0.312. The number of furan rings is 1. The minimum absolute atomic E-state index is 0.0170.